The molecule has 0 aliphatic carbocycles. The van der Waals surface area contributed by atoms with Crippen LogP contribution in [0.25, 0.3) is 10.9 Å². The van der Waals surface area contributed by atoms with Crippen molar-refractivity contribution in [2.75, 3.05) is 6.61 Å². The van der Waals surface area contributed by atoms with Crippen LogP contribution in [0.1, 0.15) is 19.8 Å². The van der Waals surface area contributed by atoms with Crippen molar-refractivity contribution in [1.82, 2.24) is 4.98 Å². The molecule has 1 heterocycles. The highest BCUT2D eigenvalue weighted by molar-refractivity contribution is 5.84. The standard InChI is InChI=1S/C14H18N2O/c1-2-5-11(15)10-17-14-8-3-7-13-12(14)6-4-9-16-13/h3-4,6-9,11H,2,5,10,15H2,1H3. The second-order valence-electron chi connectivity index (χ2n) is 4.19. The van der Waals surface area contributed by atoms with E-state index in [1.165, 1.54) is 0 Å². The highest BCUT2D eigenvalue weighted by Gasteiger charge is 2.05. The minimum atomic E-state index is 0.104. The molecule has 2 N–H and O–H groups in total. The quantitative estimate of drug-likeness (QED) is 0.859. The molecule has 1 aromatic carbocycles. The molecule has 0 radical (unpaired) electrons. The van der Waals surface area contributed by atoms with Crippen LogP contribution in [0.15, 0.2) is 36.5 Å². The molecule has 0 saturated heterocycles. The molecule has 0 saturated carbocycles. The van der Waals surface area contributed by atoms with Gasteiger partial charge in [-0.05, 0) is 30.7 Å². The fourth-order valence-electron chi connectivity index (χ4n) is 1.85. The van der Waals surface area contributed by atoms with Gasteiger partial charge < -0.3 is 10.5 Å². The third kappa shape index (κ3) is 2.94. The van der Waals surface area contributed by atoms with Crippen LogP contribution in [-0.4, -0.2) is 17.6 Å². The third-order valence-corrected chi connectivity index (χ3v) is 2.72. The maximum atomic E-state index is 5.94. The molecule has 2 aromatic rings. The fraction of sp³-hybridized carbons (Fsp3) is 0.357. The Bertz CT molecular complexity index is 479. The van der Waals surface area contributed by atoms with Crippen LogP contribution < -0.4 is 10.5 Å². The first kappa shape index (κ1) is 11.9. The second kappa shape index (κ2) is 5.64. The molecule has 17 heavy (non-hydrogen) atoms. The van der Waals surface area contributed by atoms with E-state index in [0.717, 1.165) is 29.5 Å². The summed E-state index contributed by atoms with van der Waals surface area (Å²) in [5.41, 5.74) is 6.89. The van der Waals surface area contributed by atoms with Crippen molar-refractivity contribution in [3.8, 4) is 5.75 Å². The Morgan fingerprint density at radius 3 is 3.00 bits per heavy atom. The van der Waals surface area contributed by atoms with Crippen molar-refractivity contribution in [2.45, 2.75) is 25.8 Å². The van der Waals surface area contributed by atoms with Gasteiger partial charge in [0.1, 0.15) is 12.4 Å². The van der Waals surface area contributed by atoms with Gasteiger partial charge in [-0.15, -0.1) is 0 Å². The van der Waals surface area contributed by atoms with Crippen molar-refractivity contribution in [3.05, 3.63) is 36.5 Å². The lowest BCUT2D eigenvalue weighted by atomic mass is 10.2. The summed E-state index contributed by atoms with van der Waals surface area (Å²) in [6.45, 7) is 2.68. The van der Waals surface area contributed by atoms with Crippen LogP contribution in [0.5, 0.6) is 5.75 Å². The lowest BCUT2D eigenvalue weighted by Crippen LogP contribution is -2.27. The molecule has 0 amide bonds. The Hall–Kier alpha value is -1.61. The van der Waals surface area contributed by atoms with Crippen LogP contribution in [0.2, 0.25) is 0 Å². The number of hydrogen-bond donors (Lipinski definition) is 1. The van der Waals surface area contributed by atoms with E-state index in [4.69, 9.17) is 10.5 Å². The maximum absolute atomic E-state index is 5.94. The molecule has 2 rings (SSSR count). The summed E-state index contributed by atoms with van der Waals surface area (Å²) in [5.74, 6) is 0.863. The largest absolute Gasteiger partial charge is 0.491 e. The first-order chi connectivity index (χ1) is 8.31. The molecule has 90 valence electrons. The van der Waals surface area contributed by atoms with Crippen molar-refractivity contribution >= 4 is 10.9 Å². The van der Waals surface area contributed by atoms with Crippen LogP contribution in [-0.2, 0) is 0 Å². The van der Waals surface area contributed by atoms with Gasteiger partial charge in [0.05, 0.1) is 5.52 Å². The van der Waals surface area contributed by atoms with E-state index in [1.807, 2.05) is 30.3 Å². The van der Waals surface area contributed by atoms with E-state index in [1.54, 1.807) is 6.20 Å². The number of aromatic nitrogens is 1. The number of fused-ring (bicyclic) bond motifs is 1. The van der Waals surface area contributed by atoms with E-state index in [-0.39, 0.29) is 6.04 Å². The van der Waals surface area contributed by atoms with Gasteiger partial charge in [-0.25, -0.2) is 0 Å². The van der Waals surface area contributed by atoms with Crippen molar-refractivity contribution < 1.29 is 4.74 Å². The third-order valence-electron chi connectivity index (χ3n) is 2.72. The summed E-state index contributed by atoms with van der Waals surface area (Å²) < 4.78 is 5.77. The van der Waals surface area contributed by atoms with Crippen molar-refractivity contribution in [1.29, 1.82) is 0 Å². The highest BCUT2D eigenvalue weighted by Crippen LogP contribution is 2.23. The smallest absolute Gasteiger partial charge is 0.128 e. The first-order valence-corrected chi connectivity index (χ1v) is 6.03. The van der Waals surface area contributed by atoms with E-state index in [9.17, 15) is 0 Å². The minimum absolute atomic E-state index is 0.104. The molecule has 1 aromatic heterocycles. The Morgan fingerprint density at radius 1 is 1.29 bits per heavy atom. The average Bonchev–Trinajstić information content (AvgIpc) is 2.36. The Morgan fingerprint density at radius 2 is 2.18 bits per heavy atom. The minimum Gasteiger partial charge on any atom is -0.491 e. The zero-order valence-corrected chi connectivity index (χ0v) is 10.1. The lowest BCUT2D eigenvalue weighted by molar-refractivity contribution is 0.284. The van der Waals surface area contributed by atoms with Gasteiger partial charge in [0, 0.05) is 17.6 Å². The van der Waals surface area contributed by atoms with Crippen LogP contribution >= 0.6 is 0 Å². The normalized spacial score (nSPS) is 12.6. The molecule has 1 unspecified atom stereocenters. The topological polar surface area (TPSA) is 48.1 Å². The molecule has 1 atom stereocenters. The van der Waals surface area contributed by atoms with E-state index < -0.39 is 0 Å². The number of ether oxygens (including phenoxy) is 1. The first-order valence-electron chi connectivity index (χ1n) is 6.03. The summed E-state index contributed by atoms with van der Waals surface area (Å²) in [4.78, 5) is 4.29. The molecule has 0 aliphatic heterocycles. The monoisotopic (exact) mass is 230 g/mol. The number of nitrogens with two attached hydrogens (primary N) is 1. The number of rotatable bonds is 5. The summed E-state index contributed by atoms with van der Waals surface area (Å²) in [6.07, 6.45) is 3.86. The average molecular weight is 230 g/mol. The summed E-state index contributed by atoms with van der Waals surface area (Å²) in [7, 11) is 0. The molecule has 3 heteroatoms. The van der Waals surface area contributed by atoms with Gasteiger partial charge in [0.25, 0.3) is 0 Å². The van der Waals surface area contributed by atoms with Gasteiger partial charge >= 0.3 is 0 Å². The number of pyridine rings is 1. The summed E-state index contributed by atoms with van der Waals surface area (Å²) >= 11 is 0. The number of benzene rings is 1. The van der Waals surface area contributed by atoms with E-state index in [0.29, 0.717) is 6.61 Å². The molecule has 3 nitrogen and oxygen atoms in total. The Labute approximate surface area is 102 Å². The number of nitrogens with zero attached hydrogens (tertiary/aromatic N) is 1. The van der Waals surface area contributed by atoms with Crippen molar-refractivity contribution in [2.24, 2.45) is 5.73 Å². The number of hydrogen-bond acceptors (Lipinski definition) is 3. The molecule has 0 aliphatic rings. The SMILES string of the molecule is CCCC(N)COc1cccc2ncccc12. The maximum Gasteiger partial charge on any atom is 0.128 e. The second-order valence-corrected chi connectivity index (χ2v) is 4.19. The molecular formula is C14H18N2O. The fourth-order valence-corrected chi connectivity index (χ4v) is 1.85. The zero-order valence-electron chi connectivity index (χ0n) is 10.1. The van der Waals surface area contributed by atoms with Gasteiger partial charge in [-0.1, -0.05) is 19.4 Å². The van der Waals surface area contributed by atoms with E-state index >= 15 is 0 Å². The Kier molecular flexibility index (Phi) is 3.94. The van der Waals surface area contributed by atoms with Crippen molar-refractivity contribution in [3.63, 3.8) is 0 Å². The lowest BCUT2D eigenvalue weighted by Gasteiger charge is -2.13. The predicted octanol–water partition coefficient (Wildman–Crippen LogP) is 2.74. The zero-order chi connectivity index (χ0) is 12.1. The molecule has 0 fully saturated rings. The Balaban J connectivity index is 2.13. The predicted molar refractivity (Wildman–Crippen MR) is 70.1 cm³/mol. The van der Waals surface area contributed by atoms with Crippen LogP contribution in [0.3, 0.4) is 0 Å². The van der Waals surface area contributed by atoms with Crippen LogP contribution in [0.4, 0.5) is 0 Å². The summed E-state index contributed by atoms with van der Waals surface area (Å²) in [6, 6.07) is 9.93. The van der Waals surface area contributed by atoms with Crippen LogP contribution in [0, 0.1) is 0 Å². The van der Waals surface area contributed by atoms with Gasteiger partial charge in [-0.2, -0.15) is 0 Å². The van der Waals surface area contributed by atoms with Gasteiger partial charge in [-0.3, -0.25) is 4.98 Å². The molecular weight excluding hydrogens is 212 g/mol. The van der Waals surface area contributed by atoms with E-state index in [2.05, 4.69) is 11.9 Å². The molecule has 0 spiro atoms. The van der Waals surface area contributed by atoms with Gasteiger partial charge in [0.2, 0.25) is 0 Å². The summed E-state index contributed by atoms with van der Waals surface area (Å²) in [5, 5.41) is 1.04. The van der Waals surface area contributed by atoms with Gasteiger partial charge in [0.15, 0.2) is 0 Å². The molecule has 0 bridgehead atoms. The highest BCUT2D eigenvalue weighted by atomic mass is 16.5.